The van der Waals surface area contributed by atoms with Crippen molar-refractivity contribution in [3.63, 3.8) is 0 Å². The molecule has 0 heterocycles. The van der Waals surface area contributed by atoms with Gasteiger partial charge in [-0.1, -0.05) is 18.5 Å². The maximum atomic E-state index is 12.9. The van der Waals surface area contributed by atoms with Crippen molar-refractivity contribution in [3.8, 4) is 17.2 Å². The first-order chi connectivity index (χ1) is 12.4. The lowest BCUT2D eigenvalue weighted by atomic mass is 10.2. The second kappa shape index (κ2) is 7.77. The molecule has 2 rings (SSSR count). The molecule has 2 aromatic rings. The summed E-state index contributed by atoms with van der Waals surface area (Å²) in [4.78, 5) is 11.1. The van der Waals surface area contributed by atoms with Crippen LogP contribution in [0.4, 0.5) is 13.2 Å². The van der Waals surface area contributed by atoms with Crippen molar-refractivity contribution >= 4 is 27.4 Å². The molecule has 2 aromatic carbocycles. The van der Waals surface area contributed by atoms with Gasteiger partial charge < -0.3 is 9.47 Å². The molecule has 0 aliphatic carbocycles. The van der Waals surface area contributed by atoms with Crippen LogP contribution in [-0.4, -0.2) is 20.1 Å². The van der Waals surface area contributed by atoms with Crippen molar-refractivity contribution in [2.75, 3.05) is 5.75 Å². The third-order valence-electron chi connectivity index (χ3n) is 3.39. The molecule has 0 unspecified atom stereocenters. The molecule has 0 fully saturated rings. The molecule has 0 bridgehead atoms. The molecule has 0 aliphatic heterocycles. The highest BCUT2D eigenvalue weighted by molar-refractivity contribution is 7.91. The van der Waals surface area contributed by atoms with Crippen LogP contribution in [0.15, 0.2) is 41.3 Å². The lowest BCUT2D eigenvalue weighted by Gasteiger charge is -2.15. The molecule has 0 aliphatic rings. The van der Waals surface area contributed by atoms with Crippen LogP contribution in [0.25, 0.3) is 0 Å². The van der Waals surface area contributed by atoms with Gasteiger partial charge in [0.15, 0.2) is 21.3 Å². The standard InChI is InChI=1S/C17H14ClF3O5S/c1-3-27(23,24)12-5-7-14(13(18)9-12)26-16-8-11(17(19,20)21)4-6-15(16)25-10(2)22/h4-9H,3H2,1-2H3. The number of hydrogen-bond donors (Lipinski definition) is 0. The predicted molar refractivity (Wildman–Crippen MR) is 92.0 cm³/mol. The van der Waals surface area contributed by atoms with E-state index >= 15 is 0 Å². The quantitative estimate of drug-likeness (QED) is 0.508. The summed E-state index contributed by atoms with van der Waals surface area (Å²) in [5.74, 6) is -1.63. The first-order valence-corrected chi connectivity index (χ1v) is 9.57. The van der Waals surface area contributed by atoms with E-state index in [9.17, 15) is 26.4 Å². The molecule has 0 saturated heterocycles. The molecule has 10 heteroatoms. The maximum Gasteiger partial charge on any atom is 0.416 e. The van der Waals surface area contributed by atoms with Gasteiger partial charge in [0.2, 0.25) is 0 Å². The van der Waals surface area contributed by atoms with E-state index in [1.165, 1.54) is 19.1 Å². The van der Waals surface area contributed by atoms with E-state index in [4.69, 9.17) is 21.1 Å². The molecule has 0 spiro atoms. The van der Waals surface area contributed by atoms with Gasteiger partial charge in [-0.3, -0.25) is 4.79 Å². The van der Waals surface area contributed by atoms with E-state index < -0.39 is 33.3 Å². The monoisotopic (exact) mass is 422 g/mol. The largest absolute Gasteiger partial charge is 0.452 e. The zero-order valence-corrected chi connectivity index (χ0v) is 15.7. The highest BCUT2D eigenvalue weighted by Gasteiger charge is 2.32. The maximum absolute atomic E-state index is 12.9. The topological polar surface area (TPSA) is 69.7 Å². The van der Waals surface area contributed by atoms with Gasteiger partial charge in [0.05, 0.1) is 21.2 Å². The molecule has 0 radical (unpaired) electrons. The molecule has 0 atom stereocenters. The molecular weight excluding hydrogens is 409 g/mol. The minimum Gasteiger partial charge on any atom is -0.452 e. The third kappa shape index (κ3) is 5.14. The average molecular weight is 423 g/mol. The van der Waals surface area contributed by atoms with Crippen LogP contribution in [0.1, 0.15) is 19.4 Å². The number of esters is 1. The van der Waals surface area contributed by atoms with Crippen LogP contribution in [0.5, 0.6) is 17.2 Å². The van der Waals surface area contributed by atoms with E-state index in [1.807, 2.05) is 0 Å². The Hall–Kier alpha value is -2.26. The molecule has 0 amide bonds. The Bertz CT molecular complexity index is 971. The first-order valence-electron chi connectivity index (χ1n) is 7.54. The summed E-state index contributed by atoms with van der Waals surface area (Å²) >= 11 is 6.01. The van der Waals surface area contributed by atoms with Crippen molar-refractivity contribution < 1.29 is 35.9 Å². The zero-order chi connectivity index (χ0) is 20.4. The first kappa shape index (κ1) is 21.0. The number of hydrogen-bond acceptors (Lipinski definition) is 5. The van der Waals surface area contributed by atoms with E-state index in [-0.39, 0.29) is 27.2 Å². The summed E-state index contributed by atoms with van der Waals surface area (Å²) in [5.41, 5.74) is -1.02. The number of sulfone groups is 1. The molecule has 5 nitrogen and oxygen atoms in total. The van der Waals surface area contributed by atoms with E-state index in [2.05, 4.69) is 0 Å². The van der Waals surface area contributed by atoms with Crippen molar-refractivity contribution in [2.45, 2.75) is 24.9 Å². The number of rotatable bonds is 5. The van der Waals surface area contributed by atoms with Crippen LogP contribution in [0, 0.1) is 0 Å². The summed E-state index contributed by atoms with van der Waals surface area (Å²) in [6, 6.07) is 5.91. The normalized spacial score (nSPS) is 11.9. The molecule has 146 valence electrons. The van der Waals surface area contributed by atoms with Gasteiger partial charge in [-0.2, -0.15) is 13.2 Å². The third-order valence-corrected chi connectivity index (χ3v) is 5.41. The van der Waals surface area contributed by atoms with Crippen LogP contribution in [0.3, 0.4) is 0 Å². The Balaban J connectivity index is 2.47. The minimum absolute atomic E-state index is 0.0494. The number of carbonyl (C=O) groups is 1. The summed E-state index contributed by atoms with van der Waals surface area (Å²) in [7, 11) is -3.52. The molecule has 27 heavy (non-hydrogen) atoms. The van der Waals surface area contributed by atoms with Crippen molar-refractivity contribution in [1.29, 1.82) is 0 Å². The summed E-state index contributed by atoms with van der Waals surface area (Å²) in [6.07, 6.45) is -4.64. The Morgan fingerprint density at radius 1 is 1.07 bits per heavy atom. The van der Waals surface area contributed by atoms with Crippen LogP contribution in [0.2, 0.25) is 5.02 Å². The fourth-order valence-electron chi connectivity index (χ4n) is 2.05. The van der Waals surface area contributed by atoms with Gasteiger partial charge in [0.25, 0.3) is 0 Å². The van der Waals surface area contributed by atoms with Crippen molar-refractivity contribution in [1.82, 2.24) is 0 Å². The van der Waals surface area contributed by atoms with Crippen LogP contribution >= 0.6 is 11.6 Å². The number of ether oxygens (including phenoxy) is 2. The lowest BCUT2D eigenvalue weighted by molar-refractivity contribution is -0.137. The van der Waals surface area contributed by atoms with Crippen LogP contribution < -0.4 is 9.47 Å². The van der Waals surface area contributed by atoms with E-state index in [0.29, 0.717) is 6.07 Å². The summed E-state index contributed by atoms with van der Waals surface area (Å²) < 4.78 is 72.8. The minimum atomic E-state index is -4.64. The second-order valence-electron chi connectivity index (χ2n) is 5.35. The van der Waals surface area contributed by atoms with Gasteiger partial charge in [0, 0.05) is 6.92 Å². The smallest absolute Gasteiger partial charge is 0.416 e. The Morgan fingerprint density at radius 3 is 2.22 bits per heavy atom. The number of carbonyl (C=O) groups excluding carboxylic acids is 1. The van der Waals surface area contributed by atoms with E-state index in [0.717, 1.165) is 25.1 Å². The lowest BCUT2D eigenvalue weighted by Crippen LogP contribution is -2.07. The fourth-order valence-corrected chi connectivity index (χ4v) is 3.24. The zero-order valence-electron chi connectivity index (χ0n) is 14.1. The predicted octanol–water partition coefficient (Wildman–Crippen LogP) is 4.87. The average Bonchev–Trinajstić information content (AvgIpc) is 2.56. The molecular formula is C17H14ClF3O5S. The number of halogens is 4. The Labute approximate surface area is 158 Å². The number of alkyl halides is 3. The number of benzene rings is 2. The van der Waals surface area contributed by atoms with Crippen LogP contribution in [-0.2, 0) is 20.8 Å². The molecule has 0 N–H and O–H groups in total. The summed E-state index contributed by atoms with van der Waals surface area (Å²) in [6.45, 7) is 2.54. The highest BCUT2D eigenvalue weighted by Crippen LogP contribution is 2.40. The van der Waals surface area contributed by atoms with Gasteiger partial charge in [-0.25, -0.2) is 8.42 Å². The van der Waals surface area contributed by atoms with Gasteiger partial charge in [-0.05, 0) is 36.4 Å². The van der Waals surface area contributed by atoms with Gasteiger partial charge >= 0.3 is 12.1 Å². The Kier molecular flexibility index (Phi) is 6.06. The van der Waals surface area contributed by atoms with Gasteiger partial charge in [-0.15, -0.1) is 0 Å². The molecule has 0 aromatic heterocycles. The fraction of sp³-hybridized carbons (Fsp3) is 0.235. The van der Waals surface area contributed by atoms with Gasteiger partial charge in [0.1, 0.15) is 5.75 Å². The SMILES string of the molecule is CCS(=O)(=O)c1ccc(Oc2cc(C(F)(F)F)ccc2OC(C)=O)c(Cl)c1. The summed E-state index contributed by atoms with van der Waals surface area (Å²) in [5, 5.41) is -0.129. The van der Waals surface area contributed by atoms with E-state index in [1.54, 1.807) is 0 Å². The Morgan fingerprint density at radius 2 is 1.70 bits per heavy atom. The highest BCUT2D eigenvalue weighted by atomic mass is 35.5. The molecule has 0 saturated carbocycles. The van der Waals surface area contributed by atoms with Crippen molar-refractivity contribution in [2.24, 2.45) is 0 Å². The second-order valence-corrected chi connectivity index (χ2v) is 8.04. The van der Waals surface area contributed by atoms with Crippen molar-refractivity contribution in [3.05, 3.63) is 47.0 Å².